The molecule has 3 rings (SSSR count). The van der Waals surface area contributed by atoms with Crippen LogP contribution in [0.2, 0.25) is 0 Å². The summed E-state index contributed by atoms with van der Waals surface area (Å²) in [5, 5.41) is 0. The summed E-state index contributed by atoms with van der Waals surface area (Å²) in [7, 11) is -0.188. The van der Waals surface area contributed by atoms with E-state index in [0.717, 1.165) is 19.3 Å². The van der Waals surface area contributed by atoms with E-state index in [2.05, 4.69) is 75.3 Å². The van der Waals surface area contributed by atoms with E-state index in [1.54, 1.807) is 0 Å². The van der Waals surface area contributed by atoms with Crippen LogP contribution in [0.1, 0.15) is 102 Å². The zero-order valence-corrected chi connectivity index (χ0v) is 20.5. The van der Waals surface area contributed by atoms with Gasteiger partial charge in [0.2, 0.25) is 0 Å². The molecule has 160 valence electrons. The molecular weight excluding hydrogens is 347 g/mol. The Morgan fingerprint density at radius 1 is 0.750 bits per heavy atom. The van der Waals surface area contributed by atoms with Gasteiger partial charge >= 0.3 is 7.12 Å². The number of carbonyl (C=O) groups is 1. The van der Waals surface area contributed by atoms with Gasteiger partial charge in [0.1, 0.15) is 5.78 Å². The fraction of sp³-hybridized carbons (Fsp3) is 0.875. The van der Waals surface area contributed by atoms with Crippen molar-refractivity contribution in [2.45, 2.75) is 114 Å². The van der Waals surface area contributed by atoms with Crippen molar-refractivity contribution in [1.29, 1.82) is 0 Å². The van der Waals surface area contributed by atoms with Crippen molar-refractivity contribution in [3.8, 4) is 0 Å². The summed E-state index contributed by atoms with van der Waals surface area (Å²) in [4.78, 5) is 11.3. The number of hydrogen-bond donors (Lipinski definition) is 0. The monoisotopic (exact) mass is 390 g/mol. The minimum atomic E-state index is -0.249. The average Bonchev–Trinajstić information content (AvgIpc) is 2.83. The Morgan fingerprint density at radius 2 is 1.21 bits per heavy atom. The molecule has 0 atom stereocenters. The molecule has 3 aliphatic rings. The number of ketones is 1. The molecule has 0 aromatic heterocycles. The standard InChI is InChI=1S/C15H27BO2.C9H16O/c1-12(2)9-11(13(3,4)10-12)16-17-14(5,6)15(7,8)18-16;1-8(2)5-7(10)9(3,4)6-8/h9H,10H2,1-8H3;5-6H2,1-4H3. The van der Waals surface area contributed by atoms with Crippen LogP contribution in [0.15, 0.2) is 11.5 Å². The Kier molecular flexibility index (Phi) is 5.67. The topological polar surface area (TPSA) is 35.5 Å². The van der Waals surface area contributed by atoms with Crippen molar-refractivity contribution >= 4 is 12.9 Å². The van der Waals surface area contributed by atoms with Gasteiger partial charge in [0, 0.05) is 11.8 Å². The molecule has 1 aliphatic heterocycles. The molecule has 0 radical (unpaired) electrons. The van der Waals surface area contributed by atoms with Crippen LogP contribution in [0, 0.1) is 21.7 Å². The first-order valence-electron chi connectivity index (χ1n) is 10.8. The van der Waals surface area contributed by atoms with Crippen molar-refractivity contribution in [3.05, 3.63) is 11.5 Å². The normalized spacial score (nSPS) is 30.6. The van der Waals surface area contributed by atoms with Gasteiger partial charge in [-0.05, 0) is 62.3 Å². The summed E-state index contributed by atoms with van der Waals surface area (Å²) in [6.07, 6.45) is 5.31. The van der Waals surface area contributed by atoms with Crippen LogP contribution in [-0.4, -0.2) is 24.1 Å². The molecule has 2 fully saturated rings. The van der Waals surface area contributed by atoms with Gasteiger partial charge in [0.15, 0.2) is 0 Å². The second kappa shape index (κ2) is 6.70. The number of hydrogen-bond acceptors (Lipinski definition) is 3. The zero-order chi connectivity index (χ0) is 22.0. The van der Waals surface area contributed by atoms with E-state index in [1.165, 1.54) is 5.47 Å². The fourth-order valence-corrected chi connectivity index (χ4v) is 5.30. The summed E-state index contributed by atoms with van der Waals surface area (Å²) in [5.74, 6) is 0.428. The van der Waals surface area contributed by atoms with Crippen molar-refractivity contribution in [3.63, 3.8) is 0 Å². The second-order valence-electron chi connectivity index (χ2n) is 13.1. The lowest BCUT2D eigenvalue weighted by molar-refractivity contribution is -0.124. The van der Waals surface area contributed by atoms with Gasteiger partial charge in [0.05, 0.1) is 11.2 Å². The van der Waals surface area contributed by atoms with Crippen molar-refractivity contribution in [2.24, 2.45) is 21.7 Å². The molecule has 0 bridgehead atoms. The Balaban J connectivity index is 0.000000237. The fourth-order valence-electron chi connectivity index (χ4n) is 5.30. The van der Waals surface area contributed by atoms with E-state index in [1.807, 2.05) is 13.8 Å². The van der Waals surface area contributed by atoms with Crippen LogP contribution in [-0.2, 0) is 14.1 Å². The highest BCUT2D eigenvalue weighted by molar-refractivity contribution is 6.55. The maximum atomic E-state index is 11.3. The van der Waals surface area contributed by atoms with Gasteiger partial charge in [-0.15, -0.1) is 0 Å². The molecular formula is C24H43BO3. The van der Waals surface area contributed by atoms with Crippen molar-refractivity contribution in [2.75, 3.05) is 0 Å². The van der Waals surface area contributed by atoms with E-state index in [-0.39, 0.29) is 40.0 Å². The van der Waals surface area contributed by atoms with Gasteiger partial charge in [-0.2, -0.15) is 0 Å². The third-order valence-electron chi connectivity index (χ3n) is 7.05. The van der Waals surface area contributed by atoms with Crippen LogP contribution in [0.3, 0.4) is 0 Å². The third kappa shape index (κ3) is 4.75. The maximum Gasteiger partial charge on any atom is 0.490 e. The second-order valence-corrected chi connectivity index (χ2v) is 13.1. The van der Waals surface area contributed by atoms with E-state index in [9.17, 15) is 4.79 Å². The molecule has 0 amide bonds. The largest absolute Gasteiger partial charge is 0.490 e. The lowest BCUT2D eigenvalue weighted by Crippen LogP contribution is -2.41. The molecule has 28 heavy (non-hydrogen) atoms. The SMILES string of the molecule is CC1(C)C=C(B2OC(C)(C)C(C)(C)O2)C(C)(C)C1.CC1(C)CC(=O)C(C)(C)C1. The molecule has 3 nitrogen and oxygen atoms in total. The lowest BCUT2D eigenvalue weighted by atomic mass is 9.65. The average molecular weight is 390 g/mol. The van der Waals surface area contributed by atoms with Gasteiger partial charge in [-0.1, -0.05) is 61.5 Å². The highest BCUT2D eigenvalue weighted by atomic mass is 16.7. The maximum absolute atomic E-state index is 11.3. The molecule has 2 aliphatic carbocycles. The quantitative estimate of drug-likeness (QED) is 0.486. The van der Waals surface area contributed by atoms with Crippen LogP contribution in [0.4, 0.5) is 0 Å². The summed E-state index contributed by atoms with van der Waals surface area (Å²) >= 11 is 0. The lowest BCUT2D eigenvalue weighted by Gasteiger charge is -2.32. The van der Waals surface area contributed by atoms with Crippen LogP contribution in [0.5, 0.6) is 0 Å². The van der Waals surface area contributed by atoms with Crippen LogP contribution >= 0.6 is 0 Å². The number of Topliss-reactive ketones (excluding diaryl/α,β-unsaturated/α-hetero) is 1. The minimum absolute atomic E-state index is 0.0521. The highest BCUT2D eigenvalue weighted by Crippen LogP contribution is 2.52. The zero-order valence-electron chi connectivity index (χ0n) is 20.5. The van der Waals surface area contributed by atoms with E-state index in [0.29, 0.717) is 5.78 Å². The molecule has 0 spiro atoms. The summed E-state index contributed by atoms with van der Waals surface area (Å²) < 4.78 is 12.4. The molecule has 0 N–H and O–H groups in total. The molecule has 0 aromatic carbocycles. The van der Waals surface area contributed by atoms with Crippen LogP contribution < -0.4 is 0 Å². The van der Waals surface area contributed by atoms with Gasteiger partial charge < -0.3 is 9.31 Å². The first-order valence-corrected chi connectivity index (χ1v) is 10.8. The van der Waals surface area contributed by atoms with E-state index < -0.39 is 0 Å². The van der Waals surface area contributed by atoms with Crippen molar-refractivity contribution in [1.82, 2.24) is 0 Å². The Hall–Kier alpha value is -0.605. The first-order chi connectivity index (χ1) is 12.2. The van der Waals surface area contributed by atoms with Crippen LogP contribution in [0.25, 0.3) is 0 Å². The molecule has 1 saturated carbocycles. The Morgan fingerprint density at radius 3 is 1.46 bits per heavy atom. The Labute approximate surface area is 174 Å². The molecule has 0 aromatic rings. The molecule has 1 saturated heterocycles. The van der Waals surface area contributed by atoms with Gasteiger partial charge in [0.25, 0.3) is 0 Å². The molecule has 0 unspecified atom stereocenters. The predicted octanol–water partition coefficient (Wildman–Crippen LogP) is 6.40. The van der Waals surface area contributed by atoms with Gasteiger partial charge in [-0.25, -0.2) is 0 Å². The smallest absolute Gasteiger partial charge is 0.400 e. The first kappa shape index (κ1) is 23.7. The number of carbonyl (C=O) groups excluding carboxylic acids is 1. The predicted molar refractivity (Wildman–Crippen MR) is 118 cm³/mol. The number of rotatable bonds is 1. The summed E-state index contributed by atoms with van der Waals surface area (Å²) in [5.41, 5.74) is 1.41. The summed E-state index contributed by atoms with van der Waals surface area (Å²) in [6.45, 7) is 26.0. The van der Waals surface area contributed by atoms with Gasteiger partial charge in [-0.3, -0.25) is 4.79 Å². The summed E-state index contributed by atoms with van der Waals surface area (Å²) in [6, 6.07) is 0. The van der Waals surface area contributed by atoms with Crippen molar-refractivity contribution < 1.29 is 14.1 Å². The third-order valence-corrected chi connectivity index (χ3v) is 7.05. The van der Waals surface area contributed by atoms with E-state index in [4.69, 9.17) is 9.31 Å². The highest BCUT2D eigenvalue weighted by Gasteiger charge is 2.56. The number of allylic oxidation sites excluding steroid dienone is 2. The molecule has 1 heterocycles. The van der Waals surface area contributed by atoms with E-state index >= 15 is 0 Å². The molecule has 4 heteroatoms. The minimum Gasteiger partial charge on any atom is -0.400 e. The Bertz CT molecular complexity index is 649.